The van der Waals surface area contributed by atoms with Crippen molar-refractivity contribution in [3.63, 3.8) is 0 Å². The van der Waals surface area contributed by atoms with Crippen LogP contribution in [-0.4, -0.2) is 34.4 Å². The molecule has 0 atom stereocenters. The molecule has 2 N–H and O–H groups in total. The number of nitrogens with zero attached hydrogens (tertiary/aromatic N) is 3. The fourth-order valence-corrected chi connectivity index (χ4v) is 1.82. The summed E-state index contributed by atoms with van der Waals surface area (Å²) in [6, 6.07) is 7.45. The SMILES string of the molecule is CN(CCc1ccncc1)C(=O)c1ccc(CN)cn1. The molecule has 5 heteroatoms. The lowest BCUT2D eigenvalue weighted by Gasteiger charge is -2.16. The van der Waals surface area contributed by atoms with Crippen molar-refractivity contribution in [2.75, 3.05) is 13.6 Å². The first-order valence-electron chi connectivity index (χ1n) is 6.50. The van der Waals surface area contributed by atoms with Crippen molar-refractivity contribution in [3.8, 4) is 0 Å². The second-order valence-corrected chi connectivity index (χ2v) is 4.59. The van der Waals surface area contributed by atoms with Gasteiger partial charge in [0, 0.05) is 38.7 Å². The van der Waals surface area contributed by atoms with Crippen molar-refractivity contribution in [1.82, 2.24) is 14.9 Å². The molecule has 0 spiro atoms. The lowest BCUT2D eigenvalue weighted by atomic mass is 10.2. The van der Waals surface area contributed by atoms with Crippen LogP contribution in [0.4, 0.5) is 0 Å². The average Bonchev–Trinajstić information content (AvgIpc) is 2.53. The van der Waals surface area contributed by atoms with Gasteiger partial charge in [-0.1, -0.05) is 6.07 Å². The van der Waals surface area contributed by atoms with Crippen LogP contribution in [0.5, 0.6) is 0 Å². The molecule has 1 amide bonds. The monoisotopic (exact) mass is 270 g/mol. The quantitative estimate of drug-likeness (QED) is 0.887. The minimum absolute atomic E-state index is 0.0809. The van der Waals surface area contributed by atoms with Gasteiger partial charge in [0.1, 0.15) is 5.69 Å². The zero-order valence-corrected chi connectivity index (χ0v) is 11.5. The van der Waals surface area contributed by atoms with Crippen molar-refractivity contribution in [2.24, 2.45) is 5.73 Å². The summed E-state index contributed by atoms with van der Waals surface area (Å²) < 4.78 is 0. The molecule has 5 nitrogen and oxygen atoms in total. The van der Waals surface area contributed by atoms with E-state index in [1.54, 1.807) is 36.6 Å². The summed E-state index contributed by atoms with van der Waals surface area (Å²) in [6.07, 6.45) is 5.95. The van der Waals surface area contributed by atoms with Crippen molar-refractivity contribution in [2.45, 2.75) is 13.0 Å². The van der Waals surface area contributed by atoms with Crippen LogP contribution in [-0.2, 0) is 13.0 Å². The van der Waals surface area contributed by atoms with Gasteiger partial charge in [0.2, 0.25) is 0 Å². The molecule has 2 aromatic heterocycles. The number of hydrogen-bond acceptors (Lipinski definition) is 4. The van der Waals surface area contributed by atoms with E-state index < -0.39 is 0 Å². The third-order valence-electron chi connectivity index (χ3n) is 3.11. The lowest BCUT2D eigenvalue weighted by Crippen LogP contribution is -2.29. The molecule has 0 radical (unpaired) electrons. The van der Waals surface area contributed by atoms with E-state index in [4.69, 9.17) is 5.73 Å². The van der Waals surface area contributed by atoms with Gasteiger partial charge in [0.15, 0.2) is 0 Å². The van der Waals surface area contributed by atoms with Crippen LogP contribution in [0.3, 0.4) is 0 Å². The molecule has 20 heavy (non-hydrogen) atoms. The Hall–Kier alpha value is -2.27. The summed E-state index contributed by atoms with van der Waals surface area (Å²) >= 11 is 0. The van der Waals surface area contributed by atoms with Gasteiger partial charge in [-0.05, 0) is 35.7 Å². The first kappa shape index (κ1) is 14.1. The molecule has 0 saturated heterocycles. The Morgan fingerprint density at radius 3 is 2.55 bits per heavy atom. The fourth-order valence-electron chi connectivity index (χ4n) is 1.82. The molecule has 0 unspecified atom stereocenters. The van der Waals surface area contributed by atoms with Gasteiger partial charge in [-0.3, -0.25) is 14.8 Å². The van der Waals surface area contributed by atoms with E-state index >= 15 is 0 Å². The molecule has 2 heterocycles. The Morgan fingerprint density at radius 1 is 1.20 bits per heavy atom. The van der Waals surface area contributed by atoms with Crippen LogP contribution in [0.25, 0.3) is 0 Å². The lowest BCUT2D eigenvalue weighted by molar-refractivity contribution is 0.0791. The molecule has 2 aromatic rings. The van der Waals surface area contributed by atoms with Crippen LogP contribution in [0.2, 0.25) is 0 Å². The number of carbonyl (C=O) groups is 1. The average molecular weight is 270 g/mol. The normalized spacial score (nSPS) is 10.3. The van der Waals surface area contributed by atoms with E-state index in [2.05, 4.69) is 9.97 Å². The van der Waals surface area contributed by atoms with E-state index in [0.717, 1.165) is 17.5 Å². The smallest absolute Gasteiger partial charge is 0.272 e. The van der Waals surface area contributed by atoms with Gasteiger partial charge in [-0.15, -0.1) is 0 Å². The highest BCUT2D eigenvalue weighted by atomic mass is 16.2. The maximum absolute atomic E-state index is 12.2. The highest BCUT2D eigenvalue weighted by molar-refractivity contribution is 5.92. The predicted molar refractivity (Wildman–Crippen MR) is 77.0 cm³/mol. The number of aromatic nitrogens is 2. The zero-order chi connectivity index (χ0) is 14.4. The van der Waals surface area contributed by atoms with Gasteiger partial charge >= 0.3 is 0 Å². The zero-order valence-electron chi connectivity index (χ0n) is 11.5. The van der Waals surface area contributed by atoms with Crippen LogP contribution in [0.15, 0.2) is 42.9 Å². The largest absolute Gasteiger partial charge is 0.340 e. The summed E-state index contributed by atoms with van der Waals surface area (Å²) in [7, 11) is 1.78. The summed E-state index contributed by atoms with van der Waals surface area (Å²) in [5.74, 6) is -0.0809. The number of likely N-dealkylation sites (N-methyl/N-ethyl adjacent to an activating group) is 1. The number of carbonyl (C=O) groups excluding carboxylic acids is 1. The number of nitrogens with two attached hydrogens (primary N) is 1. The Morgan fingerprint density at radius 2 is 1.95 bits per heavy atom. The molecule has 0 aliphatic carbocycles. The molecule has 104 valence electrons. The molecular formula is C15H18N4O. The molecule has 0 aliphatic heterocycles. The summed E-state index contributed by atoms with van der Waals surface area (Å²) in [4.78, 5) is 22.0. The van der Waals surface area contributed by atoms with Gasteiger partial charge < -0.3 is 10.6 Å². The first-order chi connectivity index (χ1) is 9.70. The molecule has 0 aliphatic rings. The summed E-state index contributed by atoms with van der Waals surface area (Å²) in [5.41, 5.74) is 8.03. The Kier molecular flexibility index (Phi) is 4.79. The third kappa shape index (κ3) is 3.61. The minimum atomic E-state index is -0.0809. The van der Waals surface area contributed by atoms with Gasteiger partial charge in [0.05, 0.1) is 0 Å². The molecule has 0 bridgehead atoms. The van der Waals surface area contributed by atoms with E-state index in [1.807, 2.05) is 18.2 Å². The van der Waals surface area contributed by atoms with Crippen molar-refractivity contribution < 1.29 is 4.79 Å². The second kappa shape index (κ2) is 6.77. The Labute approximate surface area is 118 Å². The maximum Gasteiger partial charge on any atom is 0.272 e. The van der Waals surface area contributed by atoms with E-state index in [-0.39, 0.29) is 5.91 Å². The van der Waals surface area contributed by atoms with Gasteiger partial charge in [-0.25, -0.2) is 0 Å². The molecule has 0 aromatic carbocycles. The first-order valence-corrected chi connectivity index (χ1v) is 6.50. The van der Waals surface area contributed by atoms with E-state index in [9.17, 15) is 4.79 Å². The van der Waals surface area contributed by atoms with Crippen LogP contribution >= 0.6 is 0 Å². The number of pyridine rings is 2. The maximum atomic E-state index is 12.2. The van der Waals surface area contributed by atoms with Gasteiger partial charge in [-0.2, -0.15) is 0 Å². The molecule has 2 rings (SSSR count). The fraction of sp³-hybridized carbons (Fsp3) is 0.267. The number of amides is 1. The Bertz CT molecular complexity index is 554. The van der Waals surface area contributed by atoms with Crippen molar-refractivity contribution >= 4 is 5.91 Å². The van der Waals surface area contributed by atoms with Crippen LogP contribution in [0, 0.1) is 0 Å². The van der Waals surface area contributed by atoms with Crippen LogP contribution < -0.4 is 5.73 Å². The summed E-state index contributed by atoms with van der Waals surface area (Å²) in [6.45, 7) is 1.07. The topological polar surface area (TPSA) is 72.1 Å². The second-order valence-electron chi connectivity index (χ2n) is 4.59. The van der Waals surface area contributed by atoms with E-state index in [0.29, 0.717) is 18.8 Å². The highest BCUT2D eigenvalue weighted by Crippen LogP contribution is 2.05. The molecule has 0 saturated carbocycles. The predicted octanol–water partition coefficient (Wildman–Crippen LogP) is 1.25. The number of rotatable bonds is 5. The Balaban J connectivity index is 1.94. The summed E-state index contributed by atoms with van der Waals surface area (Å²) in [5, 5.41) is 0. The minimum Gasteiger partial charge on any atom is -0.340 e. The number of hydrogen-bond donors (Lipinski definition) is 1. The van der Waals surface area contributed by atoms with Crippen molar-refractivity contribution in [3.05, 3.63) is 59.7 Å². The molecule has 0 fully saturated rings. The standard InChI is InChI=1S/C15H18N4O/c1-19(9-6-12-4-7-17-8-5-12)15(20)14-3-2-13(10-16)11-18-14/h2-5,7-8,11H,6,9-10,16H2,1H3. The van der Waals surface area contributed by atoms with E-state index in [1.165, 1.54) is 0 Å². The molecular weight excluding hydrogens is 252 g/mol. The van der Waals surface area contributed by atoms with Crippen molar-refractivity contribution in [1.29, 1.82) is 0 Å². The third-order valence-corrected chi connectivity index (χ3v) is 3.11. The van der Waals surface area contributed by atoms with Crippen LogP contribution in [0.1, 0.15) is 21.6 Å². The highest BCUT2D eigenvalue weighted by Gasteiger charge is 2.12. The van der Waals surface area contributed by atoms with Gasteiger partial charge in [0.25, 0.3) is 5.91 Å².